The largest absolute Gasteiger partial charge is 0.450 e. The first-order valence-corrected chi connectivity index (χ1v) is 8.14. The highest BCUT2D eigenvalue weighted by atomic mass is 16.5. The number of ether oxygens (including phenoxy) is 1. The summed E-state index contributed by atoms with van der Waals surface area (Å²) in [5, 5.41) is 13.0. The summed E-state index contributed by atoms with van der Waals surface area (Å²) in [7, 11) is 0. The van der Waals surface area contributed by atoms with E-state index in [1.165, 1.54) is 0 Å². The van der Waals surface area contributed by atoms with E-state index < -0.39 is 12.2 Å². The molecule has 1 heterocycles. The van der Waals surface area contributed by atoms with Crippen LogP contribution in [0.1, 0.15) is 31.1 Å². The number of hydrogen-bond acceptors (Lipinski definition) is 6. The Labute approximate surface area is 147 Å². The van der Waals surface area contributed by atoms with E-state index in [4.69, 9.17) is 16.2 Å². The van der Waals surface area contributed by atoms with E-state index in [2.05, 4.69) is 10.3 Å². The number of aromatic nitrogens is 1. The molecule has 1 aromatic heterocycles. The number of nitrogens with two attached hydrogens (primary N) is 2. The van der Waals surface area contributed by atoms with Crippen molar-refractivity contribution in [1.82, 2.24) is 4.98 Å². The number of anilines is 3. The molecule has 1 aromatic carbocycles. The Kier molecular flexibility index (Phi) is 6.19. The van der Waals surface area contributed by atoms with Crippen LogP contribution in [0.5, 0.6) is 0 Å². The maximum atomic E-state index is 11.6. The highest BCUT2D eigenvalue weighted by Crippen LogP contribution is 2.29. The van der Waals surface area contributed by atoms with Crippen LogP contribution < -0.4 is 16.8 Å². The summed E-state index contributed by atoms with van der Waals surface area (Å²) in [5.74, 6) is 0.286. The van der Waals surface area contributed by atoms with Crippen molar-refractivity contribution in [2.45, 2.75) is 26.4 Å². The molecule has 6 N–H and O–H groups in total. The molecule has 0 spiro atoms. The summed E-state index contributed by atoms with van der Waals surface area (Å²) >= 11 is 0. The number of nitrogens with zero attached hydrogens (tertiary/aromatic N) is 1. The molecule has 0 radical (unpaired) electrons. The topological polar surface area (TPSA) is 123 Å². The zero-order chi connectivity index (χ0) is 18.4. The minimum Gasteiger partial charge on any atom is -0.450 e. The summed E-state index contributed by atoms with van der Waals surface area (Å²) in [6.45, 7) is 3.89. The lowest BCUT2D eigenvalue weighted by Crippen LogP contribution is -2.17. The average molecular weight is 344 g/mol. The van der Waals surface area contributed by atoms with E-state index >= 15 is 0 Å². The third-order valence-corrected chi connectivity index (χ3v) is 3.90. The molecule has 2 rings (SSSR count). The lowest BCUT2D eigenvalue weighted by Gasteiger charge is -2.21. The van der Waals surface area contributed by atoms with Crippen LogP contribution in [0.2, 0.25) is 0 Å². The lowest BCUT2D eigenvalue weighted by molar-refractivity contribution is 0.118. The van der Waals surface area contributed by atoms with E-state index in [-0.39, 0.29) is 24.2 Å². The molecule has 1 unspecified atom stereocenters. The molecule has 7 heteroatoms. The summed E-state index contributed by atoms with van der Waals surface area (Å²) in [5.41, 5.74) is 13.8. The maximum absolute atomic E-state index is 11.6. The van der Waals surface area contributed by atoms with Crippen LogP contribution in [-0.2, 0) is 11.2 Å². The molecule has 7 nitrogen and oxygen atoms in total. The molecule has 0 aliphatic rings. The first-order valence-electron chi connectivity index (χ1n) is 8.14. The van der Waals surface area contributed by atoms with Crippen molar-refractivity contribution in [1.29, 1.82) is 0 Å². The fourth-order valence-corrected chi connectivity index (χ4v) is 2.57. The summed E-state index contributed by atoms with van der Waals surface area (Å²) in [6.07, 6.45) is -0.773. The summed E-state index contributed by atoms with van der Waals surface area (Å²) < 4.78 is 4.83. The van der Waals surface area contributed by atoms with Crippen molar-refractivity contribution < 1.29 is 14.6 Å². The van der Waals surface area contributed by atoms with Gasteiger partial charge in [-0.05, 0) is 36.5 Å². The zero-order valence-electron chi connectivity index (χ0n) is 14.4. The number of amides is 1. The molecule has 0 aliphatic heterocycles. The fourth-order valence-electron chi connectivity index (χ4n) is 2.57. The highest BCUT2D eigenvalue weighted by Gasteiger charge is 2.19. The van der Waals surface area contributed by atoms with Gasteiger partial charge in [-0.2, -0.15) is 0 Å². The monoisotopic (exact) mass is 344 g/mol. The number of carbonyl (C=O) groups excluding carboxylic acids is 1. The van der Waals surface area contributed by atoms with Crippen molar-refractivity contribution in [2.75, 3.05) is 23.4 Å². The summed E-state index contributed by atoms with van der Waals surface area (Å²) in [6, 6.07) is 11.1. The van der Waals surface area contributed by atoms with Crippen LogP contribution in [0.25, 0.3) is 0 Å². The normalized spacial score (nSPS) is 13.1. The second kappa shape index (κ2) is 8.34. The van der Waals surface area contributed by atoms with Gasteiger partial charge in [-0.1, -0.05) is 37.3 Å². The van der Waals surface area contributed by atoms with E-state index in [0.717, 1.165) is 5.56 Å². The predicted octanol–water partition coefficient (Wildman–Crippen LogP) is 2.73. The van der Waals surface area contributed by atoms with Gasteiger partial charge in [0.25, 0.3) is 0 Å². The Morgan fingerprint density at radius 1 is 1.32 bits per heavy atom. The molecule has 0 bridgehead atoms. The van der Waals surface area contributed by atoms with Crippen LogP contribution in [-0.4, -0.2) is 22.8 Å². The number of hydrogen-bond donors (Lipinski definition) is 4. The van der Waals surface area contributed by atoms with Gasteiger partial charge in [0, 0.05) is 0 Å². The lowest BCUT2D eigenvalue weighted by atomic mass is 9.91. The van der Waals surface area contributed by atoms with Crippen molar-refractivity contribution in [3.05, 3.63) is 47.5 Å². The van der Waals surface area contributed by atoms with Gasteiger partial charge in [-0.25, -0.2) is 9.78 Å². The maximum Gasteiger partial charge on any atom is 0.412 e. The number of pyridine rings is 1. The smallest absolute Gasteiger partial charge is 0.412 e. The van der Waals surface area contributed by atoms with Gasteiger partial charge >= 0.3 is 6.09 Å². The SMILES string of the molecule is CCOC(=O)Nc1cc(CC(C)[C@H](O)c2ccccc2)c(N)c(N)n1. The molecule has 134 valence electrons. The second-order valence-electron chi connectivity index (χ2n) is 5.85. The Balaban J connectivity index is 2.17. The van der Waals surface area contributed by atoms with Gasteiger partial charge in [0.15, 0.2) is 0 Å². The predicted molar refractivity (Wildman–Crippen MR) is 98.0 cm³/mol. The first-order chi connectivity index (χ1) is 11.9. The molecule has 0 saturated carbocycles. The Morgan fingerprint density at radius 3 is 2.64 bits per heavy atom. The Bertz CT molecular complexity index is 722. The van der Waals surface area contributed by atoms with Gasteiger partial charge in [-0.15, -0.1) is 0 Å². The number of nitrogen functional groups attached to an aromatic ring is 2. The van der Waals surface area contributed by atoms with Crippen molar-refractivity contribution in [3.63, 3.8) is 0 Å². The van der Waals surface area contributed by atoms with Gasteiger partial charge in [-0.3, -0.25) is 5.32 Å². The van der Waals surface area contributed by atoms with E-state index in [0.29, 0.717) is 17.7 Å². The number of benzene rings is 1. The molecule has 0 fully saturated rings. The van der Waals surface area contributed by atoms with Crippen LogP contribution >= 0.6 is 0 Å². The number of aliphatic hydroxyl groups excluding tert-OH is 1. The number of nitrogens with one attached hydrogen (secondary N) is 1. The Morgan fingerprint density at radius 2 is 2.00 bits per heavy atom. The minimum atomic E-state index is -0.642. The van der Waals surface area contributed by atoms with Gasteiger partial charge in [0.2, 0.25) is 0 Å². The standard InChI is InChI=1S/C18H24N4O3/c1-3-25-18(24)22-14-10-13(15(19)17(20)21-14)9-11(2)16(23)12-7-5-4-6-8-12/h4-8,10-11,16,23H,3,9,19H2,1-2H3,(H3,20,21,22,24)/t11?,16-/m0/s1. The summed E-state index contributed by atoms with van der Waals surface area (Å²) in [4.78, 5) is 15.6. The molecule has 2 atom stereocenters. The van der Waals surface area contributed by atoms with Crippen molar-refractivity contribution in [3.8, 4) is 0 Å². The molecular formula is C18H24N4O3. The second-order valence-corrected chi connectivity index (χ2v) is 5.85. The number of rotatable bonds is 6. The third-order valence-electron chi connectivity index (χ3n) is 3.90. The van der Waals surface area contributed by atoms with Gasteiger partial charge < -0.3 is 21.3 Å². The van der Waals surface area contributed by atoms with Crippen LogP contribution in [0, 0.1) is 5.92 Å². The molecule has 0 aliphatic carbocycles. The van der Waals surface area contributed by atoms with Crippen LogP contribution in [0.15, 0.2) is 36.4 Å². The highest BCUT2D eigenvalue weighted by molar-refractivity contribution is 5.84. The van der Waals surface area contributed by atoms with E-state index in [1.807, 2.05) is 37.3 Å². The number of aliphatic hydroxyl groups is 1. The van der Waals surface area contributed by atoms with Gasteiger partial charge in [0.05, 0.1) is 18.4 Å². The zero-order valence-corrected chi connectivity index (χ0v) is 14.4. The minimum absolute atomic E-state index is 0.109. The van der Waals surface area contributed by atoms with Crippen molar-refractivity contribution in [2.24, 2.45) is 5.92 Å². The fraction of sp³-hybridized carbons (Fsp3) is 0.333. The third kappa shape index (κ3) is 4.84. The number of carbonyl (C=O) groups is 1. The quantitative estimate of drug-likeness (QED) is 0.639. The van der Waals surface area contributed by atoms with Crippen LogP contribution in [0.4, 0.5) is 22.1 Å². The van der Waals surface area contributed by atoms with E-state index in [9.17, 15) is 9.90 Å². The molecule has 25 heavy (non-hydrogen) atoms. The average Bonchev–Trinajstić information content (AvgIpc) is 2.59. The first kappa shape index (κ1) is 18.5. The van der Waals surface area contributed by atoms with Gasteiger partial charge in [0.1, 0.15) is 11.6 Å². The van der Waals surface area contributed by atoms with E-state index in [1.54, 1.807) is 13.0 Å². The molecule has 2 aromatic rings. The molecular weight excluding hydrogens is 320 g/mol. The molecule has 1 amide bonds. The Hall–Kier alpha value is -2.80. The van der Waals surface area contributed by atoms with Crippen molar-refractivity contribution >= 4 is 23.4 Å². The van der Waals surface area contributed by atoms with Crippen LogP contribution in [0.3, 0.4) is 0 Å². The molecule has 0 saturated heterocycles.